The summed E-state index contributed by atoms with van der Waals surface area (Å²) in [5, 5.41) is 4.24. The van der Waals surface area contributed by atoms with Gasteiger partial charge in [-0.15, -0.1) is 0 Å². The summed E-state index contributed by atoms with van der Waals surface area (Å²) in [6.45, 7) is 0.960. The average molecular weight is 277 g/mol. The molecule has 1 aliphatic heterocycles. The van der Waals surface area contributed by atoms with E-state index in [0.29, 0.717) is 11.5 Å². The van der Waals surface area contributed by atoms with Crippen LogP contribution in [-0.2, 0) is 9.84 Å². The molecule has 1 atom stereocenters. The molecule has 1 heterocycles. The van der Waals surface area contributed by atoms with E-state index in [1.807, 2.05) is 0 Å². The number of sulfone groups is 1. The maximum atomic E-state index is 11.3. The molecule has 17 heavy (non-hydrogen) atoms. The third-order valence-electron chi connectivity index (χ3n) is 3.67. The van der Waals surface area contributed by atoms with E-state index in [1.165, 1.54) is 32.1 Å². The van der Waals surface area contributed by atoms with Crippen LogP contribution in [0.15, 0.2) is 0 Å². The highest BCUT2D eigenvalue weighted by molar-refractivity contribution is 7.99. The smallest absolute Gasteiger partial charge is 0.151 e. The fraction of sp³-hybridized carbons (Fsp3) is 1.00. The van der Waals surface area contributed by atoms with Crippen molar-refractivity contribution in [2.24, 2.45) is 0 Å². The van der Waals surface area contributed by atoms with Gasteiger partial charge in [0.25, 0.3) is 0 Å². The van der Waals surface area contributed by atoms with Crippen LogP contribution < -0.4 is 5.32 Å². The quantitative estimate of drug-likeness (QED) is 0.779. The summed E-state index contributed by atoms with van der Waals surface area (Å²) in [5.74, 6) is 1.85. The van der Waals surface area contributed by atoms with Gasteiger partial charge in [-0.2, -0.15) is 11.8 Å². The van der Waals surface area contributed by atoms with Crippen molar-refractivity contribution < 1.29 is 8.42 Å². The molecule has 2 fully saturated rings. The summed E-state index contributed by atoms with van der Waals surface area (Å²) in [7, 11) is -2.72. The minimum Gasteiger partial charge on any atom is -0.312 e. The van der Waals surface area contributed by atoms with Crippen LogP contribution in [0.2, 0.25) is 0 Å². The molecule has 3 nitrogen and oxygen atoms in total. The Morgan fingerprint density at radius 3 is 2.53 bits per heavy atom. The Morgan fingerprint density at radius 2 is 1.88 bits per heavy atom. The SMILES string of the molecule is O=S1(=O)CCC(NCCSC2CCCCC2)C1. The maximum Gasteiger partial charge on any atom is 0.151 e. The van der Waals surface area contributed by atoms with Gasteiger partial charge < -0.3 is 5.32 Å². The van der Waals surface area contributed by atoms with Gasteiger partial charge in [0, 0.05) is 23.6 Å². The summed E-state index contributed by atoms with van der Waals surface area (Å²) < 4.78 is 22.6. The molecular formula is C12H23NO2S2. The molecule has 0 radical (unpaired) electrons. The van der Waals surface area contributed by atoms with Gasteiger partial charge in [0.2, 0.25) is 0 Å². The maximum absolute atomic E-state index is 11.3. The first-order valence-electron chi connectivity index (χ1n) is 6.71. The largest absolute Gasteiger partial charge is 0.312 e. The Hall–Kier alpha value is 0.260. The van der Waals surface area contributed by atoms with E-state index in [-0.39, 0.29) is 6.04 Å². The Balaban J connectivity index is 1.54. The molecule has 2 rings (SSSR count). The van der Waals surface area contributed by atoms with Gasteiger partial charge in [-0.3, -0.25) is 0 Å². The van der Waals surface area contributed by atoms with E-state index in [2.05, 4.69) is 17.1 Å². The molecule has 100 valence electrons. The molecule has 1 saturated heterocycles. The minimum absolute atomic E-state index is 0.215. The van der Waals surface area contributed by atoms with Crippen LogP contribution in [0.25, 0.3) is 0 Å². The molecule has 1 N–H and O–H groups in total. The second-order valence-electron chi connectivity index (χ2n) is 5.18. The lowest BCUT2D eigenvalue weighted by Crippen LogP contribution is -2.32. The molecule has 0 aromatic heterocycles. The zero-order valence-electron chi connectivity index (χ0n) is 10.4. The normalized spacial score (nSPS) is 29.5. The van der Waals surface area contributed by atoms with Crippen molar-refractivity contribution in [2.75, 3.05) is 23.8 Å². The number of hydrogen-bond acceptors (Lipinski definition) is 4. The highest BCUT2D eigenvalue weighted by Gasteiger charge is 2.27. The van der Waals surface area contributed by atoms with Crippen molar-refractivity contribution in [3.05, 3.63) is 0 Å². The van der Waals surface area contributed by atoms with Crippen LogP contribution in [0.5, 0.6) is 0 Å². The molecule has 0 aromatic rings. The van der Waals surface area contributed by atoms with Crippen molar-refractivity contribution in [3.63, 3.8) is 0 Å². The van der Waals surface area contributed by atoms with Gasteiger partial charge in [0.05, 0.1) is 11.5 Å². The Bertz CT molecular complexity index is 323. The van der Waals surface area contributed by atoms with Crippen LogP contribution in [-0.4, -0.2) is 43.5 Å². The second kappa shape index (κ2) is 6.43. The fourth-order valence-electron chi connectivity index (χ4n) is 2.68. The Labute approximate surface area is 109 Å². The first-order valence-corrected chi connectivity index (χ1v) is 9.58. The summed E-state index contributed by atoms with van der Waals surface area (Å²) in [4.78, 5) is 0. The molecule has 1 unspecified atom stereocenters. The third kappa shape index (κ3) is 4.79. The minimum atomic E-state index is -2.72. The first-order chi connectivity index (χ1) is 8.16. The number of thioether (sulfide) groups is 1. The van der Waals surface area contributed by atoms with E-state index in [1.54, 1.807) is 0 Å². The zero-order chi connectivity index (χ0) is 12.1. The molecular weight excluding hydrogens is 254 g/mol. The Kier molecular flexibility index (Phi) is 5.18. The van der Waals surface area contributed by atoms with Crippen LogP contribution in [0, 0.1) is 0 Å². The van der Waals surface area contributed by atoms with Crippen LogP contribution in [0.4, 0.5) is 0 Å². The molecule has 0 aromatic carbocycles. The molecule has 0 bridgehead atoms. The predicted octanol–water partition coefficient (Wildman–Crippen LogP) is 1.83. The van der Waals surface area contributed by atoms with Crippen LogP contribution >= 0.6 is 11.8 Å². The lowest BCUT2D eigenvalue weighted by atomic mass is 10.0. The molecule has 1 aliphatic carbocycles. The first kappa shape index (κ1) is 13.7. The van der Waals surface area contributed by atoms with E-state index in [0.717, 1.165) is 24.0 Å². The molecule has 1 saturated carbocycles. The Morgan fingerprint density at radius 1 is 1.12 bits per heavy atom. The summed E-state index contributed by atoms with van der Waals surface area (Å²) in [5.41, 5.74) is 0. The molecule has 0 spiro atoms. The highest BCUT2D eigenvalue weighted by atomic mass is 32.2. The van der Waals surface area contributed by atoms with Crippen molar-refractivity contribution in [1.82, 2.24) is 5.32 Å². The average Bonchev–Trinajstić information content (AvgIpc) is 2.66. The predicted molar refractivity (Wildman–Crippen MR) is 74.4 cm³/mol. The van der Waals surface area contributed by atoms with E-state index in [4.69, 9.17) is 0 Å². The third-order valence-corrected chi connectivity index (χ3v) is 6.82. The lowest BCUT2D eigenvalue weighted by Gasteiger charge is -2.21. The van der Waals surface area contributed by atoms with Crippen molar-refractivity contribution >= 4 is 21.6 Å². The lowest BCUT2D eigenvalue weighted by molar-refractivity contribution is 0.515. The zero-order valence-corrected chi connectivity index (χ0v) is 12.0. The topological polar surface area (TPSA) is 46.2 Å². The summed E-state index contributed by atoms with van der Waals surface area (Å²) in [6.07, 6.45) is 7.76. The van der Waals surface area contributed by atoms with Gasteiger partial charge in [0.15, 0.2) is 9.84 Å². The monoisotopic (exact) mass is 277 g/mol. The summed E-state index contributed by atoms with van der Waals surface area (Å²) in [6, 6.07) is 0.215. The molecule has 5 heteroatoms. The number of rotatable bonds is 5. The van der Waals surface area contributed by atoms with Gasteiger partial charge >= 0.3 is 0 Å². The van der Waals surface area contributed by atoms with Crippen molar-refractivity contribution in [2.45, 2.75) is 49.8 Å². The number of hydrogen-bond donors (Lipinski definition) is 1. The second-order valence-corrected chi connectivity index (χ2v) is 8.82. The van der Waals surface area contributed by atoms with E-state index >= 15 is 0 Å². The number of nitrogens with one attached hydrogen (secondary N) is 1. The van der Waals surface area contributed by atoms with Gasteiger partial charge in [-0.05, 0) is 19.3 Å². The van der Waals surface area contributed by atoms with Crippen LogP contribution in [0.3, 0.4) is 0 Å². The highest BCUT2D eigenvalue weighted by Crippen LogP contribution is 2.27. The van der Waals surface area contributed by atoms with Gasteiger partial charge in [0.1, 0.15) is 0 Å². The summed E-state index contributed by atoms with van der Waals surface area (Å²) >= 11 is 2.07. The van der Waals surface area contributed by atoms with Crippen LogP contribution in [0.1, 0.15) is 38.5 Å². The van der Waals surface area contributed by atoms with Gasteiger partial charge in [-0.1, -0.05) is 19.3 Å². The standard InChI is InChI=1S/C12H23NO2S2/c14-17(15)9-6-11(10-17)13-7-8-16-12-4-2-1-3-5-12/h11-13H,1-10H2. The van der Waals surface area contributed by atoms with Gasteiger partial charge in [-0.25, -0.2) is 8.42 Å². The molecule has 0 amide bonds. The van der Waals surface area contributed by atoms with Crippen molar-refractivity contribution in [3.8, 4) is 0 Å². The van der Waals surface area contributed by atoms with E-state index in [9.17, 15) is 8.42 Å². The van der Waals surface area contributed by atoms with E-state index < -0.39 is 9.84 Å². The molecule has 2 aliphatic rings. The van der Waals surface area contributed by atoms with Crippen molar-refractivity contribution in [1.29, 1.82) is 0 Å². The fourth-order valence-corrected chi connectivity index (χ4v) is 5.62.